The lowest BCUT2D eigenvalue weighted by atomic mass is 9.80. The van der Waals surface area contributed by atoms with Crippen molar-refractivity contribution in [3.8, 4) is 0 Å². The summed E-state index contributed by atoms with van der Waals surface area (Å²) in [7, 11) is 1.70. The van der Waals surface area contributed by atoms with Crippen molar-refractivity contribution in [2.75, 3.05) is 7.11 Å². The van der Waals surface area contributed by atoms with Crippen molar-refractivity contribution in [2.24, 2.45) is 0 Å². The summed E-state index contributed by atoms with van der Waals surface area (Å²) in [4.78, 5) is 12.1. The molecule has 19 heavy (non-hydrogen) atoms. The number of benzene rings is 1. The molecule has 0 radical (unpaired) electrons. The molecule has 0 aliphatic heterocycles. The van der Waals surface area contributed by atoms with Crippen LogP contribution in [0.5, 0.6) is 0 Å². The van der Waals surface area contributed by atoms with Crippen molar-refractivity contribution < 1.29 is 9.53 Å². The molecular weight excluding hydrogens is 236 g/mol. The standard InChI is InChI=1S/C17H24O2/c1-13(19-2)10-11-16(18)12-15-8-5-7-14-6-3-4-9-17(14)15/h3-4,6,9,13,15H,5,7-8,10-12H2,1-2H3. The van der Waals surface area contributed by atoms with Crippen LogP contribution in [0.15, 0.2) is 24.3 Å². The van der Waals surface area contributed by atoms with Crippen LogP contribution in [0, 0.1) is 0 Å². The van der Waals surface area contributed by atoms with Crippen LogP contribution in [-0.2, 0) is 16.0 Å². The molecule has 0 saturated carbocycles. The fraction of sp³-hybridized carbons (Fsp3) is 0.588. The summed E-state index contributed by atoms with van der Waals surface area (Å²) < 4.78 is 5.19. The van der Waals surface area contributed by atoms with Gasteiger partial charge in [-0.2, -0.15) is 0 Å². The zero-order valence-corrected chi connectivity index (χ0v) is 12.0. The summed E-state index contributed by atoms with van der Waals surface area (Å²) in [6, 6.07) is 8.60. The van der Waals surface area contributed by atoms with E-state index in [9.17, 15) is 4.79 Å². The Balaban J connectivity index is 1.91. The first-order valence-corrected chi connectivity index (χ1v) is 7.33. The lowest BCUT2D eigenvalue weighted by molar-refractivity contribution is -0.120. The maximum atomic E-state index is 12.1. The Kier molecular flexibility index (Phi) is 5.15. The van der Waals surface area contributed by atoms with E-state index in [1.54, 1.807) is 7.11 Å². The third-order valence-corrected chi connectivity index (χ3v) is 4.20. The van der Waals surface area contributed by atoms with E-state index in [1.165, 1.54) is 24.0 Å². The number of methoxy groups -OCH3 is 1. The first kappa shape index (κ1) is 14.3. The van der Waals surface area contributed by atoms with Gasteiger partial charge in [0, 0.05) is 20.0 Å². The van der Waals surface area contributed by atoms with Gasteiger partial charge in [-0.25, -0.2) is 0 Å². The summed E-state index contributed by atoms with van der Waals surface area (Å²) >= 11 is 0. The Morgan fingerprint density at radius 2 is 2.21 bits per heavy atom. The molecule has 0 amide bonds. The molecule has 0 heterocycles. The second-order valence-corrected chi connectivity index (χ2v) is 5.62. The smallest absolute Gasteiger partial charge is 0.133 e. The highest BCUT2D eigenvalue weighted by Gasteiger charge is 2.22. The molecule has 0 fully saturated rings. The Labute approximate surface area is 116 Å². The largest absolute Gasteiger partial charge is 0.382 e. The molecule has 2 unspecified atom stereocenters. The Bertz CT molecular complexity index is 425. The molecule has 2 nitrogen and oxygen atoms in total. The van der Waals surface area contributed by atoms with Gasteiger partial charge in [-0.15, -0.1) is 0 Å². The van der Waals surface area contributed by atoms with Crippen molar-refractivity contribution in [1.82, 2.24) is 0 Å². The third-order valence-electron chi connectivity index (χ3n) is 4.20. The number of aryl methyl sites for hydroxylation is 1. The molecule has 1 aliphatic rings. The summed E-state index contributed by atoms with van der Waals surface area (Å²) in [5, 5.41) is 0. The van der Waals surface area contributed by atoms with Crippen LogP contribution in [-0.4, -0.2) is 19.0 Å². The summed E-state index contributed by atoms with van der Waals surface area (Å²) in [6.45, 7) is 2.02. The highest BCUT2D eigenvalue weighted by molar-refractivity contribution is 5.79. The molecule has 104 valence electrons. The predicted molar refractivity (Wildman–Crippen MR) is 77.5 cm³/mol. The topological polar surface area (TPSA) is 26.3 Å². The first-order chi connectivity index (χ1) is 9.20. The van der Waals surface area contributed by atoms with Crippen LogP contribution < -0.4 is 0 Å². The predicted octanol–water partition coefficient (Wildman–Crippen LogP) is 3.88. The number of Topliss-reactive ketones (excluding diaryl/α,β-unsaturated/α-hetero) is 1. The van der Waals surface area contributed by atoms with Gasteiger partial charge in [0.05, 0.1) is 6.10 Å². The van der Waals surface area contributed by atoms with E-state index >= 15 is 0 Å². The quantitative estimate of drug-likeness (QED) is 0.776. The maximum absolute atomic E-state index is 12.1. The van der Waals surface area contributed by atoms with Crippen molar-refractivity contribution in [2.45, 2.75) is 57.5 Å². The number of fused-ring (bicyclic) bond motifs is 1. The number of carbonyl (C=O) groups is 1. The van der Waals surface area contributed by atoms with Crippen LogP contribution >= 0.6 is 0 Å². The SMILES string of the molecule is COC(C)CCC(=O)CC1CCCc2ccccc21. The maximum Gasteiger partial charge on any atom is 0.133 e. The summed E-state index contributed by atoms with van der Waals surface area (Å²) in [5.41, 5.74) is 2.85. The molecule has 0 spiro atoms. The average Bonchev–Trinajstić information content (AvgIpc) is 2.45. The highest BCUT2D eigenvalue weighted by Crippen LogP contribution is 2.34. The number of rotatable bonds is 6. The minimum Gasteiger partial charge on any atom is -0.382 e. The number of ether oxygens (including phenoxy) is 1. The van der Waals surface area contributed by atoms with Crippen molar-refractivity contribution in [3.63, 3.8) is 0 Å². The van der Waals surface area contributed by atoms with Gasteiger partial charge in [-0.3, -0.25) is 4.79 Å². The van der Waals surface area contributed by atoms with E-state index in [0.717, 1.165) is 12.8 Å². The van der Waals surface area contributed by atoms with Crippen molar-refractivity contribution >= 4 is 5.78 Å². The van der Waals surface area contributed by atoms with Gasteiger partial charge in [0.1, 0.15) is 5.78 Å². The van der Waals surface area contributed by atoms with E-state index in [1.807, 2.05) is 6.92 Å². The zero-order valence-electron chi connectivity index (χ0n) is 12.0. The van der Waals surface area contributed by atoms with Crippen molar-refractivity contribution in [1.29, 1.82) is 0 Å². The molecule has 1 aromatic carbocycles. The molecule has 0 aromatic heterocycles. The normalized spacial score (nSPS) is 19.8. The van der Waals surface area contributed by atoms with Crippen LogP contribution in [0.1, 0.15) is 56.1 Å². The second kappa shape index (κ2) is 6.85. The van der Waals surface area contributed by atoms with E-state index in [0.29, 0.717) is 24.5 Å². The summed E-state index contributed by atoms with van der Waals surface area (Å²) in [6.07, 6.45) is 5.90. The number of carbonyl (C=O) groups excluding carboxylic acids is 1. The lowest BCUT2D eigenvalue weighted by Crippen LogP contribution is -2.15. The molecule has 1 aliphatic carbocycles. The van der Waals surface area contributed by atoms with Gasteiger partial charge < -0.3 is 4.74 Å². The first-order valence-electron chi connectivity index (χ1n) is 7.33. The number of ketones is 1. The van der Waals surface area contributed by atoms with E-state index in [-0.39, 0.29) is 6.10 Å². The molecule has 2 heteroatoms. The Morgan fingerprint density at radius 1 is 1.42 bits per heavy atom. The van der Waals surface area contributed by atoms with Crippen molar-refractivity contribution in [3.05, 3.63) is 35.4 Å². The third kappa shape index (κ3) is 3.90. The second-order valence-electron chi connectivity index (χ2n) is 5.62. The molecule has 0 N–H and O–H groups in total. The van der Waals surface area contributed by atoms with E-state index in [2.05, 4.69) is 24.3 Å². The van der Waals surface area contributed by atoms with Crippen LogP contribution in [0.2, 0.25) is 0 Å². The van der Waals surface area contributed by atoms with Gasteiger partial charge in [-0.1, -0.05) is 24.3 Å². The zero-order chi connectivity index (χ0) is 13.7. The van der Waals surface area contributed by atoms with Crippen LogP contribution in [0.4, 0.5) is 0 Å². The molecule has 0 saturated heterocycles. The molecule has 1 aromatic rings. The molecule has 2 atom stereocenters. The summed E-state index contributed by atoms with van der Waals surface area (Å²) in [5.74, 6) is 0.820. The van der Waals surface area contributed by atoms with Gasteiger partial charge in [0.25, 0.3) is 0 Å². The van der Waals surface area contributed by atoms with Gasteiger partial charge in [-0.05, 0) is 49.7 Å². The van der Waals surface area contributed by atoms with Crippen LogP contribution in [0.3, 0.4) is 0 Å². The number of hydrogen-bond acceptors (Lipinski definition) is 2. The molecule has 2 rings (SSSR count). The molecule has 0 bridgehead atoms. The van der Waals surface area contributed by atoms with Gasteiger partial charge in [0.2, 0.25) is 0 Å². The monoisotopic (exact) mass is 260 g/mol. The Hall–Kier alpha value is -1.15. The molecular formula is C17H24O2. The number of hydrogen-bond donors (Lipinski definition) is 0. The lowest BCUT2D eigenvalue weighted by Gasteiger charge is -2.25. The minimum absolute atomic E-state index is 0.183. The van der Waals surface area contributed by atoms with Gasteiger partial charge >= 0.3 is 0 Å². The fourth-order valence-corrected chi connectivity index (χ4v) is 2.93. The Morgan fingerprint density at radius 3 is 3.00 bits per heavy atom. The van der Waals surface area contributed by atoms with Gasteiger partial charge in [0.15, 0.2) is 0 Å². The fourth-order valence-electron chi connectivity index (χ4n) is 2.93. The highest BCUT2D eigenvalue weighted by atomic mass is 16.5. The van der Waals surface area contributed by atoms with E-state index < -0.39 is 0 Å². The minimum atomic E-state index is 0.183. The van der Waals surface area contributed by atoms with Crippen LogP contribution in [0.25, 0.3) is 0 Å². The average molecular weight is 260 g/mol. The van der Waals surface area contributed by atoms with E-state index in [4.69, 9.17) is 4.74 Å².